The van der Waals surface area contributed by atoms with E-state index in [4.69, 9.17) is 0 Å². The van der Waals surface area contributed by atoms with Crippen LogP contribution < -0.4 is 5.46 Å². The number of aryl methyl sites for hydroxylation is 1. The molecule has 1 aromatic carbocycles. The Morgan fingerprint density at radius 1 is 1.36 bits per heavy atom. The van der Waals surface area contributed by atoms with Crippen LogP contribution in [0.25, 0.3) is 10.9 Å². The summed E-state index contributed by atoms with van der Waals surface area (Å²) in [5, 5.41) is 1.34. The van der Waals surface area contributed by atoms with Crippen LogP contribution in [0.5, 0.6) is 0 Å². The van der Waals surface area contributed by atoms with E-state index >= 15 is 0 Å². The molecule has 2 aromatic rings. The highest BCUT2D eigenvalue weighted by molar-refractivity contribution is 6.33. The molecule has 0 bridgehead atoms. The first-order valence-corrected chi connectivity index (χ1v) is 3.82. The van der Waals surface area contributed by atoms with Gasteiger partial charge < -0.3 is 4.98 Å². The second kappa shape index (κ2) is 2.16. The predicted molar refractivity (Wildman–Crippen MR) is 51.2 cm³/mol. The first-order valence-electron chi connectivity index (χ1n) is 3.82. The van der Waals surface area contributed by atoms with Crippen LogP contribution in [0.4, 0.5) is 0 Å². The van der Waals surface area contributed by atoms with Gasteiger partial charge in [-0.3, -0.25) is 0 Å². The lowest BCUT2D eigenvalue weighted by molar-refractivity contribution is 1.43. The Morgan fingerprint density at radius 2 is 2.18 bits per heavy atom. The first-order chi connectivity index (χ1) is 5.27. The Kier molecular flexibility index (Phi) is 1.28. The minimum Gasteiger partial charge on any atom is -0.361 e. The summed E-state index contributed by atoms with van der Waals surface area (Å²) in [7, 11) is 2.12. The average Bonchev–Trinajstić information content (AvgIpc) is 2.33. The zero-order valence-electron chi connectivity index (χ0n) is 6.81. The van der Waals surface area contributed by atoms with Crippen molar-refractivity contribution in [3.05, 3.63) is 30.0 Å². The molecule has 0 saturated carbocycles. The van der Waals surface area contributed by atoms with E-state index in [9.17, 15) is 0 Å². The van der Waals surface area contributed by atoms with Gasteiger partial charge in [0.05, 0.1) is 0 Å². The van der Waals surface area contributed by atoms with Crippen molar-refractivity contribution in [2.45, 2.75) is 6.92 Å². The van der Waals surface area contributed by atoms with Crippen molar-refractivity contribution in [2.24, 2.45) is 0 Å². The van der Waals surface area contributed by atoms with Gasteiger partial charge in [0.1, 0.15) is 7.85 Å². The highest BCUT2D eigenvalue weighted by Gasteiger charge is 1.97. The minimum absolute atomic E-state index is 1.23. The molecular formula is C9H10BN. The van der Waals surface area contributed by atoms with Gasteiger partial charge in [-0.05, 0) is 18.6 Å². The zero-order valence-corrected chi connectivity index (χ0v) is 6.81. The monoisotopic (exact) mass is 143 g/mol. The maximum atomic E-state index is 3.22. The van der Waals surface area contributed by atoms with Crippen LogP contribution in [0.3, 0.4) is 0 Å². The Balaban J connectivity index is 2.87. The number of H-pyrrole nitrogens is 1. The lowest BCUT2D eigenvalue weighted by Gasteiger charge is -1.93. The third-order valence-electron chi connectivity index (χ3n) is 2.04. The fraction of sp³-hybridized carbons (Fsp3) is 0.111. The normalized spacial score (nSPS) is 10.6. The molecule has 0 radical (unpaired) electrons. The summed E-state index contributed by atoms with van der Waals surface area (Å²) in [6.07, 6.45) is 2.05. The van der Waals surface area contributed by atoms with Gasteiger partial charge in [-0.1, -0.05) is 17.6 Å². The second-order valence-corrected chi connectivity index (χ2v) is 3.02. The van der Waals surface area contributed by atoms with Crippen LogP contribution in [0.1, 0.15) is 5.56 Å². The molecule has 0 aliphatic rings. The number of rotatable bonds is 0. The molecule has 0 unspecified atom stereocenters. The Hall–Kier alpha value is -1.18. The average molecular weight is 143 g/mol. The SMILES string of the molecule is Bc1ccc2[nH]cc(C)c2c1. The van der Waals surface area contributed by atoms with E-state index in [1.807, 2.05) is 6.20 Å². The summed E-state index contributed by atoms with van der Waals surface area (Å²) in [5.74, 6) is 0. The summed E-state index contributed by atoms with van der Waals surface area (Å²) in [6, 6.07) is 6.46. The standard InChI is InChI=1S/C9H10BN/c1-6-5-11-9-3-2-7(10)4-8(6)9/h2-5,11H,10H2,1H3. The van der Waals surface area contributed by atoms with Gasteiger partial charge in [-0.15, -0.1) is 0 Å². The van der Waals surface area contributed by atoms with Gasteiger partial charge in [-0.25, -0.2) is 0 Å². The fourth-order valence-electron chi connectivity index (χ4n) is 1.37. The maximum Gasteiger partial charge on any atom is 0.139 e. The smallest absolute Gasteiger partial charge is 0.139 e. The van der Waals surface area contributed by atoms with Crippen molar-refractivity contribution >= 4 is 24.2 Å². The van der Waals surface area contributed by atoms with Crippen LogP contribution in [-0.4, -0.2) is 12.8 Å². The lowest BCUT2D eigenvalue weighted by atomic mass is 9.94. The molecule has 1 aromatic heterocycles. The van der Waals surface area contributed by atoms with Gasteiger partial charge in [0.2, 0.25) is 0 Å². The molecule has 1 N–H and O–H groups in total. The molecule has 11 heavy (non-hydrogen) atoms. The number of nitrogens with one attached hydrogen (secondary N) is 1. The number of benzene rings is 1. The topological polar surface area (TPSA) is 15.8 Å². The number of aromatic nitrogens is 1. The second-order valence-electron chi connectivity index (χ2n) is 3.02. The van der Waals surface area contributed by atoms with Crippen molar-refractivity contribution in [3.63, 3.8) is 0 Å². The van der Waals surface area contributed by atoms with Gasteiger partial charge >= 0.3 is 0 Å². The zero-order chi connectivity index (χ0) is 7.84. The van der Waals surface area contributed by atoms with Crippen molar-refractivity contribution in [1.82, 2.24) is 4.98 Å². The quantitative estimate of drug-likeness (QED) is 0.523. The van der Waals surface area contributed by atoms with Gasteiger partial charge in [0.25, 0.3) is 0 Å². The molecule has 0 saturated heterocycles. The van der Waals surface area contributed by atoms with E-state index in [-0.39, 0.29) is 0 Å². The molecule has 0 fully saturated rings. The molecule has 2 heteroatoms. The summed E-state index contributed by atoms with van der Waals surface area (Å²) in [5.41, 5.74) is 3.87. The maximum absolute atomic E-state index is 3.22. The third-order valence-corrected chi connectivity index (χ3v) is 2.04. The van der Waals surface area contributed by atoms with Crippen LogP contribution in [-0.2, 0) is 0 Å². The molecule has 0 atom stereocenters. The third kappa shape index (κ3) is 0.948. The highest BCUT2D eigenvalue weighted by atomic mass is 14.7. The van der Waals surface area contributed by atoms with Crippen molar-refractivity contribution in [2.75, 3.05) is 0 Å². The molecule has 0 spiro atoms. The molecule has 1 heterocycles. The van der Waals surface area contributed by atoms with E-state index in [2.05, 4.69) is 38.0 Å². The number of aromatic amines is 1. The first kappa shape index (κ1) is 6.53. The fourth-order valence-corrected chi connectivity index (χ4v) is 1.37. The Labute approximate surface area is 66.8 Å². The van der Waals surface area contributed by atoms with Crippen molar-refractivity contribution in [1.29, 1.82) is 0 Å². The van der Waals surface area contributed by atoms with Crippen molar-refractivity contribution < 1.29 is 0 Å². The predicted octanol–water partition coefficient (Wildman–Crippen LogP) is 0.735. The molecule has 2 rings (SSSR count). The van der Waals surface area contributed by atoms with E-state index in [1.54, 1.807) is 0 Å². The van der Waals surface area contributed by atoms with E-state index in [1.165, 1.54) is 21.9 Å². The van der Waals surface area contributed by atoms with Crippen molar-refractivity contribution in [3.8, 4) is 0 Å². The van der Waals surface area contributed by atoms with Crippen LogP contribution in [0.2, 0.25) is 0 Å². The molecule has 0 aliphatic heterocycles. The van der Waals surface area contributed by atoms with E-state index in [0.29, 0.717) is 0 Å². The highest BCUT2D eigenvalue weighted by Crippen LogP contribution is 2.14. The van der Waals surface area contributed by atoms with E-state index < -0.39 is 0 Å². The summed E-state index contributed by atoms with van der Waals surface area (Å²) in [6.45, 7) is 2.12. The Bertz CT molecular complexity index is 389. The molecular weight excluding hydrogens is 133 g/mol. The van der Waals surface area contributed by atoms with Crippen LogP contribution >= 0.6 is 0 Å². The summed E-state index contributed by atoms with van der Waals surface area (Å²) in [4.78, 5) is 3.22. The van der Waals surface area contributed by atoms with Gasteiger partial charge in [-0.2, -0.15) is 0 Å². The number of hydrogen-bond donors (Lipinski definition) is 1. The summed E-state index contributed by atoms with van der Waals surface area (Å²) < 4.78 is 0. The van der Waals surface area contributed by atoms with Crippen LogP contribution in [0.15, 0.2) is 24.4 Å². The van der Waals surface area contributed by atoms with Gasteiger partial charge in [0, 0.05) is 17.1 Å². The number of fused-ring (bicyclic) bond motifs is 1. The minimum atomic E-state index is 1.23. The molecule has 0 amide bonds. The molecule has 1 nitrogen and oxygen atoms in total. The molecule has 54 valence electrons. The Morgan fingerprint density at radius 3 is 3.00 bits per heavy atom. The van der Waals surface area contributed by atoms with Gasteiger partial charge in [0.15, 0.2) is 0 Å². The lowest BCUT2D eigenvalue weighted by Crippen LogP contribution is -1.99. The molecule has 0 aliphatic carbocycles. The van der Waals surface area contributed by atoms with Crippen LogP contribution in [0, 0.1) is 6.92 Å². The largest absolute Gasteiger partial charge is 0.361 e. The van der Waals surface area contributed by atoms with E-state index in [0.717, 1.165) is 0 Å². The summed E-state index contributed by atoms with van der Waals surface area (Å²) >= 11 is 0. The number of hydrogen-bond acceptors (Lipinski definition) is 0.